The summed E-state index contributed by atoms with van der Waals surface area (Å²) in [5.74, 6) is -0.515. The Labute approximate surface area is 162 Å². The monoisotopic (exact) mass is 407 g/mol. The van der Waals surface area contributed by atoms with Gasteiger partial charge in [-0.05, 0) is 28.5 Å². The maximum absolute atomic E-state index is 13.3. The predicted molar refractivity (Wildman–Crippen MR) is 99.7 cm³/mol. The van der Waals surface area contributed by atoms with Crippen LogP contribution in [0.25, 0.3) is 11.3 Å². The smallest absolute Gasteiger partial charge is 0.340 e. The molecule has 2 aromatic heterocycles. The minimum atomic E-state index is -4.85. The molecule has 0 bridgehead atoms. The zero-order valence-electron chi connectivity index (χ0n) is 14.8. The third-order valence-electron chi connectivity index (χ3n) is 4.06. The molecule has 3 rings (SSSR count). The molecule has 146 valence electrons. The van der Waals surface area contributed by atoms with Crippen LogP contribution in [0.4, 0.5) is 13.2 Å². The van der Waals surface area contributed by atoms with Crippen molar-refractivity contribution in [3.63, 3.8) is 0 Å². The average molecular weight is 407 g/mol. The Morgan fingerprint density at radius 2 is 1.93 bits per heavy atom. The molecular formula is C19H16F3N3O2S. The van der Waals surface area contributed by atoms with Gasteiger partial charge in [0.2, 0.25) is 5.91 Å². The summed E-state index contributed by atoms with van der Waals surface area (Å²) in [6.45, 7) is -0.287. The molecule has 1 amide bonds. The number of hydrogen-bond acceptors (Lipinski definition) is 4. The summed E-state index contributed by atoms with van der Waals surface area (Å²) < 4.78 is 40.6. The van der Waals surface area contributed by atoms with Crippen LogP contribution in [0.15, 0.2) is 58.0 Å². The maximum Gasteiger partial charge on any atom is 0.421 e. The van der Waals surface area contributed by atoms with Crippen molar-refractivity contribution >= 4 is 17.2 Å². The lowest BCUT2D eigenvalue weighted by atomic mass is 10.1. The number of carbonyl (C=O) groups excluding carboxylic acids is 1. The van der Waals surface area contributed by atoms with Crippen molar-refractivity contribution in [3.05, 3.63) is 74.7 Å². The van der Waals surface area contributed by atoms with Gasteiger partial charge in [0, 0.05) is 19.2 Å². The summed E-state index contributed by atoms with van der Waals surface area (Å²) >= 11 is 1.47. The van der Waals surface area contributed by atoms with Crippen molar-refractivity contribution in [1.82, 2.24) is 14.7 Å². The number of halogens is 3. The first kappa shape index (κ1) is 19.8. The molecule has 2 heterocycles. The van der Waals surface area contributed by atoms with Crippen LogP contribution >= 0.6 is 11.3 Å². The van der Waals surface area contributed by atoms with E-state index in [-0.39, 0.29) is 5.69 Å². The highest BCUT2D eigenvalue weighted by Crippen LogP contribution is 2.28. The van der Waals surface area contributed by atoms with Crippen LogP contribution in [0.2, 0.25) is 0 Å². The van der Waals surface area contributed by atoms with Gasteiger partial charge >= 0.3 is 6.18 Å². The van der Waals surface area contributed by atoms with E-state index >= 15 is 0 Å². The van der Waals surface area contributed by atoms with Crippen LogP contribution in [0.1, 0.15) is 11.1 Å². The molecule has 0 saturated heterocycles. The predicted octanol–water partition coefficient (Wildman–Crippen LogP) is 3.65. The van der Waals surface area contributed by atoms with Gasteiger partial charge in [-0.1, -0.05) is 30.3 Å². The third-order valence-corrected chi connectivity index (χ3v) is 4.79. The highest BCUT2D eigenvalue weighted by atomic mass is 32.1. The van der Waals surface area contributed by atoms with Gasteiger partial charge in [-0.15, -0.1) is 0 Å². The topological polar surface area (TPSA) is 55.2 Å². The zero-order valence-corrected chi connectivity index (χ0v) is 15.6. The zero-order chi connectivity index (χ0) is 20.3. The SMILES string of the molecule is CN(Cc1ccsc1)C(=O)Cn1nc(-c2ccccc2)cc(C(F)(F)F)c1=O. The van der Waals surface area contributed by atoms with E-state index in [1.807, 2.05) is 16.8 Å². The molecule has 0 fully saturated rings. The van der Waals surface area contributed by atoms with Crippen molar-refractivity contribution in [3.8, 4) is 11.3 Å². The van der Waals surface area contributed by atoms with Crippen LogP contribution in [0.3, 0.4) is 0 Å². The van der Waals surface area contributed by atoms with Gasteiger partial charge in [-0.3, -0.25) is 9.59 Å². The van der Waals surface area contributed by atoms with Gasteiger partial charge < -0.3 is 4.90 Å². The van der Waals surface area contributed by atoms with E-state index in [4.69, 9.17) is 0 Å². The average Bonchev–Trinajstić information content (AvgIpc) is 3.16. The lowest BCUT2D eigenvalue weighted by molar-refractivity contribution is -0.139. The first-order valence-corrected chi connectivity index (χ1v) is 9.20. The molecule has 3 aromatic rings. The Balaban J connectivity index is 1.95. The van der Waals surface area contributed by atoms with Crippen LogP contribution in [0.5, 0.6) is 0 Å². The lowest BCUT2D eigenvalue weighted by Gasteiger charge is -2.18. The fraction of sp³-hybridized carbons (Fsp3) is 0.211. The van der Waals surface area contributed by atoms with E-state index in [2.05, 4.69) is 5.10 Å². The number of benzene rings is 1. The number of amides is 1. The molecule has 0 aliphatic carbocycles. The van der Waals surface area contributed by atoms with E-state index in [9.17, 15) is 22.8 Å². The van der Waals surface area contributed by atoms with Crippen molar-refractivity contribution < 1.29 is 18.0 Å². The first-order chi connectivity index (χ1) is 13.3. The molecule has 28 heavy (non-hydrogen) atoms. The highest BCUT2D eigenvalue weighted by molar-refractivity contribution is 7.07. The number of likely N-dealkylation sites (N-methyl/N-ethyl adjacent to an activating group) is 1. The van der Waals surface area contributed by atoms with Gasteiger partial charge in [0.25, 0.3) is 5.56 Å². The van der Waals surface area contributed by atoms with Crippen LogP contribution < -0.4 is 5.56 Å². The Morgan fingerprint density at radius 3 is 2.54 bits per heavy atom. The van der Waals surface area contributed by atoms with Gasteiger partial charge in [-0.25, -0.2) is 4.68 Å². The highest BCUT2D eigenvalue weighted by Gasteiger charge is 2.36. The fourth-order valence-corrected chi connectivity index (χ4v) is 3.26. The Bertz CT molecular complexity index is 1020. The standard InChI is InChI=1S/C19H16F3N3O2S/c1-24(10-13-7-8-28-12-13)17(26)11-25-18(27)15(19(20,21)22)9-16(23-25)14-5-3-2-4-6-14/h2-9,12H,10-11H2,1H3. The van der Waals surface area contributed by atoms with Crippen molar-refractivity contribution in [2.24, 2.45) is 0 Å². The molecular weight excluding hydrogens is 391 g/mol. The maximum atomic E-state index is 13.3. The number of hydrogen-bond donors (Lipinski definition) is 0. The number of aromatic nitrogens is 2. The molecule has 0 aliphatic heterocycles. The molecule has 0 spiro atoms. The van der Waals surface area contributed by atoms with Crippen molar-refractivity contribution in [2.45, 2.75) is 19.3 Å². The molecule has 9 heteroatoms. The first-order valence-electron chi connectivity index (χ1n) is 8.25. The van der Waals surface area contributed by atoms with Crippen LogP contribution in [-0.2, 0) is 24.1 Å². The minimum absolute atomic E-state index is 0.0270. The number of carbonyl (C=O) groups is 1. The normalized spacial score (nSPS) is 11.4. The van der Waals surface area contributed by atoms with E-state index in [0.29, 0.717) is 22.9 Å². The van der Waals surface area contributed by atoms with Gasteiger partial charge in [0.1, 0.15) is 12.1 Å². The van der Waals surface area contributed by atoms with Crippen LogP contribution in [0, 0.1) is 0 Å². The van der Waals surface area contributed by atoms with Crippen molar-refractivity contribution in [2.75, 3.05) is 7.05 Å². The van der Waals surface area contributed by atoms with Crippen LogP contribution in [-0.4, -0.2) is 27.6 Å². The number of alkyl halides is 3. The summed E-state index contributed by atoms with van der Waals surface area (Å²) in [5.41, 5.74) is -1.41. The van der Waals surface area contributed by atoms with E-state index in [1.54, 1.807) is 30.3 Å². The largest absolute Gasteiger partial charge is 0.421 e. The van der Waals surface area contributed by atoms with E-state index < -0.39 is 29.8 Å². The Morgan fingerprint density at radius 1 is 1.21 bits per heavy atom. The van der Waals surface area contributed by atoms with Gasteiger partial charge in [-0.2, -0.15) is 29.6 Å². The molecule has 0 unspecified atom stereocenters. The lowest BCUT2D eigenvalue weighted by Crippen LogP contribution is -2.37. The third kappa shape index (κ3) is 4.48. The minimum Gasteiger partial charge on any atom is -0.340 e. The number of thiophene rings is 1. The van der Waals surface area contributed by atoms with E-state index in [1.165, 1.54) is 23.3 Å². The summed E-state index contributed by atoms with van der Waals surface area (Å²) in [7, 11) is 1.52. The second kappa shape index (κ2) is 7.97. The van der Waals surface area contributed by atoms with E-state index in [0.717, 1.165) is 5.56 Å². The Hall–Kier alpha value is -2.94. The summed E-state index contributed by atoms with van der Waals surface area (Å²) in [6, 6.07) is 10.8. The molecule has 0 radical (unpaired) electrons. The van der Waals surface area contributed by atoms with Gasteiger partial charge in [0.15, 0.2) is 0 Å². The molecule has 0 saturated carbocycles. The molecule has 0 atom stereocenters. The summed E-state index contributed by atoms with van der Waals surface area (Å²) in [4.78, 5) is 26.1. The quantitative estimate of drug-likeness (QED) is 0.649. The van der Waals surface area contributed by atoms with Gasteiger partial charge in [0.05, 0.1) is 5.69 Å². The second-order valence-corrected chi connectivity index (χ2v) is 6.93. The second-order valence-electron chi connectivity index (χ2n) is 6.15. The molecule has 0 N–H and O–H groups in total. The number of rotatable bonds is 5. The summed E-state index contributed by atoms with van der Waals surface area (Å²) in [6.07, 6.45) is -4.85. The molecule has 1 aromatic carbocycles. The molecule has 0 aliphatic rings. The summed E-state index contributed by atoms with van der Waals surface area (Å²) in [5, 5.41) is 7.72. The molecule has 5 nitrogen and oxygen atoms in total. The fourth-order valence-electron chi connectivity index (χ4n) is 2.60. The Kier molecular flexibility index (Phi) is 5.64. The van der Waals surface area contributed by atoms with Crippen molar-refractivity contribution in [1.29, 1.82) is 0 Å². The number of nitrogens with zero attached hydrogens (tertiary/aromatic N) is 3.